The topological polar surface area (TPSA) is 58.4 Å². The largest absolute Gasteiger partial charge is 0.310 e. The molecule has 0 amide bonds. The maximum Gasteiger partial charge on any atom is 0.283 e. The molecule has 2 unspecified atom stereocenters. The molecule has 1 aromatic rings. The van der Waals surface area contributed by atoms with Crippen LogP contribution in [0.4, 0.5) is 5.69 Å². The van der Waals surface area contributed by atoms with E-state index in [2.05, 4.69) is 40.1 Å². The van der Waals surface area contributed by atoms with E-state index in [9.17, 15) is 10.1 Å². The van der Waals surface area contributed by atoms with Gasteiger partial charge < -0.3 is 10.2 Å². The predicted molar refractivity (Wildman–Crippen MR) is 82.7 cm³/mol. The van der Waals surface area contributed by atoms with Gasteiger partial charge in [-0.1, -0.05) is 13.0 Å². The van der Waals surface area contributed by atoms with Gasteiger partial charge in [-0.25, -0.2) is 0 Å². The van der Waals surface area contributed by atoms with Gasteiger partial charge in [-0.05, 0) is 53.5 Å². The third kappa shape index (κ3) is 3.77. The van der Waals surface area contributed by atoms with Crippen molar-refractivity contribution in [3.8, 4) is 0 Å². The summed E-state index contributed by atoms with van der Waals surface area (Å²) in [5, 5.41) is 14.4. The molecule has 1 aliphatic heterocycles. The maximum atomic E-state index is 10.9. The van der Waals surface area contributed by atoms with Gasteiger partial charge in [0.05, 0.1) is 9.40 Å². The lowest BCUT2D eigenvalue weighted by molar-refractivity contribution is -0.385. The number of nitro groups is 1. The monoisotopic (exact) mass is 341 g/mol. The molecule has 2 rings (SSSR count). The standard InChI is InChI=1S/C14H20BrN3O2/c1-10-9-17(2)6-5-13(10)16-8-11-3-4-12(15)14(7-11)18(19)20/h3-4,7,10,13,16H,5-6,8-9H2,1-2H3. The maximum absolute atomic E-state index is 10.9. The first-order valence-corrected chi connectivity index (χ1v) is 7.61. The predicted octanol–water partition coefficient (Wildman–Crippen LogP) is 2.79. The Hall–Kier alpha value is -0.980. The first-order chi connectivity index (χ1) is 9.47. The van der Waals surface area contributed by atoms with Gasteiger partial charge in [0.25, 0.3) is 5.69 Å². The van der Waals surface area contributed by atoms with Crippen LogP contribution in [-0.4, -0.2) is 36.0 Å². The number of hydrogen-bond acceptors (Lipinski definition) is 4. The molecule has 6 heteroatoms. The number of nitrogens with one attached hydrogen (secondary N) is 1. The van der Waals surface area contributed by atoms with Crippen molar-refractivity contribution >= 4 is 21.6 Å². The summed E-state index contributed by atoms with van der Waals surface area (Å²) >= 11 is 3.21. The van der Waals surface area contributed by atoms with E-state index in [0.717, 1.165) is 25.1 Å². The van der Waals surface area contributed by atoms with Crippen molar-refractivity contribution in [3.63, 3.8) is 0 Å². The van der Waals surface area contributed by atoms with E-state index in [0.29, 0.717) is 23.0 Å². The SMILES string of the molecule is CC1CN(C)CCC1NCc1ccc(Br)c([N+](=O)[O-])c1. The average Bonchev–Trinajstić information content (AvgIpc) is 2.39. The second kappa shape index (κ2) is 6.65. The highest BCUT2D eigenvalue weighted by Crippen LogP contribution is 2.26. The van der Waals surface area contributed by atoms with Crippen molar-refractivity contribution in [1.82, 2.24) is 10.2 Å². The lowest BCUT2D eigenvalue weighted by Gasteiger charge is -2.35. The van der Waals surface area contributed by atoms with E-state index in [4.69, 9.17) is 0 Å². The van der Waals surface area contributed by atoms with Crippen molar-refractivity contribution in [2.24, 2.45) is 5.92 Å². The average molecular weight is 342 g/mol. The zero-order chi connectivity index (χ0) is 14.7. The van der Waals surface area contributed by atoms with Crippen LogP contribution in [0.5, 0.6) is 0 Å². The second-order valence-corrected chi connectivity index (χ2v) is 6.41. The number of likely N-dealkylation sites (tertiary alicyclic amines) is 1. The zero-order valence-electron chi connectivity index (χ0n) is 11.8. The number of hydrogen-bond donors (Lipinski definition) is 1. The number of benzene rings is 1. The van der Waals surface area contributed by atoms with Gasteiger partial charge in [0.2, 0.25) is 0 Å². The Labute approximate surface area is 127 Å². The Morgan fingerprint density at radius 3 is 2.95 bits per heavy atom. The first kappa shape index (κ1) is 15.4. The summed E-state index contributed by atoms with van der Waals surface area (Å²) in [6, 6.07) is 5.78. The molecule has 1 fully saturated rings. The van der Waals surface area contributed by atoms with E-state index in [1.54, 1.807) is 12.1 Å². The Morgan fingerprint density at radius 1 is 1.55 bits per heavy atom. The van der Waals surface area contributed by atoms with E-state index in [1.807, 2.05) is 6.07 Å². The van der Waals surface area contributed by atoms with Crippen molar-refractivity contribution < 1.29 is 4.92 Å². The molecule has 1 heterocycles. The van der Waals surface area contributed by atoms with Crippen LogP contribution in [0.15, 0.2) is 22.7 Å². The molecule has 0 saturated carbocycles. The van der Waals surface area contributed by atoms with Crippen molar-refractivity contribution in [1.29, 1.82) is 0 Å². The van der Waals surface area contributed by atoms with E-state index < -0.39 is 0 Å². The van der Waals surface area contributed by atoms with Gasteiger partial charge in [-0.15, -0.1) is 0 Å². The molecule has 1 aromatic carbocycles. The number of nitro benzene ring substituents is 1. The summed E-state index contributed by atoms with van der Waals surface area (Å²) in [5.41, 5.74) is 1.08. The fourth-order valence-electron chi connectivity index (χ4n) is 2.71. The van der Waals surface area contributed by atoms with Gasteiger partial charge in [0.1, 0.15) is 0 Å². The highest BCUT2D eigenvalue weighted by molar-refractivity contribution is 9.10. The fourth-order valence-corrected chi connectivity index (χ4v) is 3.11. The molecule has 2 atom stereocenters. The van der Waals surface area contributed by atoms with Crippen LogP contribution >= 0.6 is 15.9 Å². The van der Waals surface area contributed by atoms with Gasteiger partial charge in [-0.3, -0.25) is 10.1 Å². The van der Waals surface area contributed by atoms with Gasteiger partial charge in [0, 0.05) is 25.2 Å². The number of rotatable bonds is 4. The van der Waals surface area contributed by atoms with E-state index in [-0.39, 0.29) is 10.6 Å². The molecule has 1 saturated heterocycles. The molecule has 1 aliphatic rings. The molecule has 0 bridgehead atoms. The summed E-state index contributed by atoms with van der Waals surface area (Å²) < 4.78 is 0.527. The Bertz CT molecular complexity index is 495. The van der Waals surface area contributed by atoms with Crippen molar-refractivity contribution in [2.75, 3.05) is 20.1 Å². The minimum Gasteiger partial charge on any atom is -0.310 e. The third-order valence-corrected chi connectivity index (χ3v) is 4.55. The van der Waals surface area contributed by atoms with Crippen LogP contribution < -0.4 is 5.32 Å². The Morgan fingerprint density at radius 2 is 2.30 bits per heavy atom. The summed E-state index contributed by atoms with van der Waals surface area (Å²) in [6.45, 7) is 5.12. The van der Waals surface area contributed by atoms with E-state index >= 15 is 0 Å². The van der Waals surface area contributed by atoms with Crippen LogP contribution in [-0.2, 0) is 6.54 Å². The molecule has 1 N–H and O–H groups in total. The zero-order valence-corrected chi connectivity index (χ0v) is 13.4. The lowest BCUT2D eigenvalue weighted by Crippen LogP contribution is -2.46. The normalized spacial score (nSPS) is 23.8. The molecule has 0 aliphatic carbocycles. The molecule has 110 valence electrons. The lowest BCUT2D eigenvalue weighted by atomic mass is 9.94. The van der Waals surface area contributed by atoms with Crippen LogP contribution in [0, 0.1) is 16.0 Å². The third-order valence-electron chi connectivity index (χ3n) is 3.88. The van der Waals surface area contributed by atoms with Crippen LogP contribution in [0.1, 0.15) is 18.9 Å². The number of nitrogens with zero attached hydrogens (tertiary/aromatic N) is 2. The summed E-state index contributed by atoms with van der Waals surface area (Å²) in [7, 11) is 2.14. The minimum atomic E-state index is -0.355. The van der Waals surface area contributed by atoms with Crippen LogP contribution in [0.25, 0.3) is 0 Å². The molecule has 0 radical (unpaired) electrons. The smallest absolute Gasteiger partial charge is 0.283 e. The van der Waals surface area contributed by atoms with Crippen molar-refractivity contribution in [2.45, 2.75) is 25.9 Å². The molecule has 0 spiro atoms. The highest BCUT2D eigenvalue weighted by Gasteiger charge is 2.23. The van der Waals surface area contributed by atoms with E-state index in [1.165, 1.54) is 0 Å². The number of halogens is 1. The summed E-state index contributed by atoms with van der Waals surface area (Å²) in [6.07, 6.45) is 1.12. The van der Waals surface area contributed by atoms with Gasteiger partial charge in [0.15, 0.2) is 0 Å². The number of piperidine rings is 1. The van der Waals surface area contributed by atoms with Gasteiger partial charge in [-0.2, -0.15) is 0 Å². The van der Waals surface area contributed by atoms with Gasteiger partial charge >= 0.3 is 0 Å². The van der Waals surface area contributed by atoms with Crippen LogP contribution in [0.2, 0.25) is 0 Å². The molecule has 0 aromatic heterocycles. The molecule has 20 heavy (non-hydrogen) atoms. The summed E-state index contributed by atoms with van der Waals surface area (Å²) in [5.74, 6) is 0.596. The van der Waals surface area contributed by atoms with Crippen molar-refractivity contribution in [3.05, 3.63) is 38.3 Å². The Balaban J connectivity index is 1.97. The molecule has 5 nitrogen and oxygen atoms in total. The van der Waals surface area contributed by atoms with Crippen LogP contribution in [0.3, 0.4) is 0 Å². The molecular formula is C14H20BrN3O2. The summed E-state index contributed by atoms with van der Waals surface area (Å²) in [4.78, 5) is 12.9. The minimum absolute atomic E-state index is 0.126. The quantitative estimate of drug-likeness (QED) is 0.675. The highest BCUT2D eigenvalue weighted by atomic mass is 79.9. The second-order valence-electron chi connectivity index (χ2n) is 5.56. The Kier molecular flexibility index (Phi) is 5.12. The fraction of sp³-hybridized carbons (Fsp3) is 0.571. The first-order valence-electron chi connectivity index (χ1n) is 6.82. The molecular weight excluding hydrogens is 322 g/mol.